The lowest BCUT2D eigenvalue weighted by molar-refractivity contribution is -0.161. The molecule has 1 aromatic carbocycles. The summed E-state index contributed by atoms with van der Waals surface area (Å²) in [6.07, 6.45) is 0.664. The van der Waals surface area contributed by atoms with E-state index >= 15 is 0 Å². The highest BCUT2D eigenvalue weighted by Crippen LogP contribution is 2.29. The van der Waals surface area contributed by atoms with Gasteiger partial charge in [-0.15, -0.1) is 11.3 Å². The van der Waals surface area contributed by atoms with Gasteiger partial charge in [-0.25, -0.2) is 14.1 Å². The Bertz CT molecular complexity index is 2160. The van der Waals surface area contributed by atoms with Gasteiger partial charge in [0, 0.05) is 49.1 Å². The van der Waals surface area contributed by atoms with E-state index in [0.29, 0.717) is 43.9 Å². The Morgan fingerprint density at radius 1 is 1.22 bits per heavy atom. The van der Waals surface area contributed by atoms with Crippen LogP contribution in [0.5, 0.6) is 5.75 Å². The second-order valence-electron chi connectivity index (χ2n) is 13.0. The van der Waals surface area contributed by atoms with E-state index in [1.54, 1.807) is 6.92 Å². The molecular weight excluding hydrogens is 790 g/mol. The first kappa shape index (κ1) is 40.8. The number of carboxylic acids is 1. The number of thiazole rings is 1. The number of benzene rings is 1. The van der Waals surface area contributed by atoms with Crippen molar-refractivity contribution in [2.75, 3.05) is 38.5 Å². The number of aliphatic carboxylic acids is 1. The maximum absolute atomic E-state index is 13.3. The maximum Gasteiger partial charge on any atom is 0.362 e. The number of β-lactam (4-membered cyclic amide) rings is 1. The number of rotatable bonds is 15. The molecule has 296 valence electrons. The Morgan fingerprint density at radius 3 is 2.60 bits per heavy atom. The Kier molecular flexibility index (Phi) is 12.0. The number of likely N-dealkylation sites (tertiary alicyclic amines) is 1. The number of hydrogen-bond donors (Lipinski definition) is 7. The summed E-state index contributed by atoms with van der Waals surface area (Å²) in [5.74, 6) is -5.40. The van der Waals surface area contributed by atoms with Gasteiger partial charge in [0.2, 0.25) is 11.4 Å². The number of hydrogen-bond acceptors (Lipinski definition) is 16. The number of anilines is 1. The highest BCUT2D eigenvalue weighted by Gasteiger charge is 2.54. The molecule has 0 aliphatic carbocycles. The summed E-state index contributed by atoms with van der Waals surface area (Å²) >= 11 is 7.12. The number of nitrogens with zero attached hydrogens (tertiary/aromatic N) is 5. The topological polar surface area (TPSA) is 309 Å². The van der Waals surface area contributed by atoms with Crippen molar-refractivity contribution in [3.63, 3.8) is 0 Å². The molecule has 3 unspecified atom stereocenters. The van der Waals surface area contributed by atoms with Gasteiger partial charge in [0.1, 0.15) is 17.5 Å². The van der Waals surface area contributed by atoms with Crippen LogP contribution >= 0.6 is 22.9 Å². The minimum absolute atomic E-state index is 0.0137. The average Bonchev–Trinajstić information content (AvgIpc) is 3.89. The minimum atomic E-state index is -5.14. The van der Waals surface area contributed by atoms with E-state index in [4.69, 9.17) is 26.7 Å². The molecule has 0 saturated carbocycles. The smallest absolute Gasteiger partial charge is 0.362 e. The van der Waals surface area contributed by atoms with Crippen molar-refractivity contribution in [3.8, 4) is 5.75 Å². The van der Waals surface area contributed by atoms with E-state index in [9.17, 15) is 47.2 Å². The quantitative estimate of drug-likeness (QED) is 0.0463. The molecule has 2 aliphatic heterocycles. The number of aromatic nitrogens is 2. The van der Waals surface area contributed by atoms with E-state index in [1.807, 2.05) is 0 Å². The molecule has 2 aromatic heterocycles. The standard InChI is InChI=1S/C31H36ClN9O12S2/c1-14-20(42)5-4-16(22(14)32)25(43)34-7-9-40-8-6-15(12-40)17-10-21(52-38-17)26(44)35-11-19-24(28(46)41(19)55(49,50)51)37-27(45)23(18-13-54-30(33)36-18)39-53-31(2,3)29(47)48/h4-5,10,13,15,19,24,42H,6-9,11-12H2,1-3H3,(H2,33,36)(H,34,43)(H,35,44)(H,37,45)(H,47,48)(H,49,50,51)/b39-23-. The molecule has 0 bridgehead atoms. The van der Waals surface area contributed by atoms with E-state index in [-0.39, 0.29) is 49.1 Å². The predicted octanol–water partition coefficient (Wildman–Crippen LogP) is 0.112. The zero-order valence-electron chi connectivity index (χ0n) is 29.3. The number of phenolic OH excluding ortho intramolecular Hbond substituents is 1. The first-order valence-electron chi connectivity index (χ1n) is 16.3. The molecule has 3 aromatic rings. The van der Waals surface area contributed by atoms with Crippen LogP contribution in [0, 0.1) is 6.92 Å². The van der Waals surface area contributed by atoms with Gasteiger partial charge < -0.3 is 46.2 Å². The molecule has 5 rings (SSSR count). The Balaban J connectivity index is 1.18. The fourth-order valence-electron chi connectivity index (χ4n) is 5.59. The van der Waals surface area contributed by atoms with Crippen LogP contribution in [0.1, 0.15) is 64.1 Å². The minimum Gasteiger partial charge on any atom is -0.508 e. The Morgan fingerprint density at radius 2 is 1.95 bits per heavy atom. The number of oxime groups is 1. The summed E-state index contributed by atoms with van der Waals surface area (Å²) in [5.41, 5.74) is 4.14. The molecule has 8 N–H and O–H groups in total. The van der Waals surface area contributed by atoms with Crippen molar-refractivity contribution in [1.82, 2.24) is 35.3 Å². The molecular formula is C31H36ClN9O12S2. The number of nitrogen functional groups attached to an aromatic ring is 1. The van der Waals surface area contributed by atoms with Crippen LogP contribution in [0.4, 0.5) is 5.13 Å². The molecule has 2 fully saturated rings. The van der Waals surface area contributed by atoms with Gasteiger partial charge in [0.15, 0.2) is 10.8 Å². The predicted molar refractivity (Wildman–Crippen MR) is 193 cm³/mol. The molecule has 24 heteroatoms. The third-order valence-electron chi connectivity index (χ3n) is 8.79. The first-order valence-corrected chi connectivity index (χ1v) is 19.0. The van der Waals surface area contributed by atoms with Crippen LogP contribution in [-0.4, -0.2) is 128 Å². The fourth-order valence-corrected chi connectivity index (χ4v) is 7.27. The molecule has 2 aliphatic rings. The summed E-state index contributed by atoms with van der Waals surface area (Å²) in [5, 5.41) is 35.7. The summed E-state index contributed by atoms with van der Waals surface area (Å²) in [6.45, 7) is 5.33. The number of phenols is 1. The number of aromatic hydroxyl groups is 1. The van der Waals surface area contributed by atoms with Crippen LogP contribution in [0.25, 0.3) is 0 Å². The molecule has 0 radical (unpaired) electrons. The zero-order valence-corrected chi connectivity index (χ0v) is 31.7. The van der Waals surface area contributed by atoms with Crippen LogP contribution in [-0.2, 0) is 29.5 Å². The molecule has 55 heavy (non-hydrogen) atoms. The van der Waals surface area contributed by atoms with Gasteiger partial charge in [-0.3, -0.25) is 23.7 Å². The first-order chi connectivity index (χ1) is 25.8. The lowest BCUT2D eigenvalue weighted by atomic mass is 9.98. The van der Waals surface area contributed by atoms with E-state index in [1.165, 1.54) is 23.6 Å². The summed E-state index contributed by atoms with van der Waals surface area (Å²) < 4.78 is 39.1. The summed E-state index contributed by atoms with van der Waals surface area (Å²) in [7, 11) is -5.14. The van der Waals surface area contributed by atoms with Crippen LogP contribution in [0.15, 0.2) is 33.3 Å². The van der Waals surface area contributed by atoms with Crippen molar-refractivity contribution in [1.29, 1.82) is 0 Å². The van der Waals surface area contributed by atoms with Crippen molar-refractivity contribution < 1.29 is 56.5 Å². The lowest BCUT2D eigenvalue weighted by Gasteiger charge is -2.44. The Hall–Kier alpha value is -5.36. The second kappa shape index (κ2) is 16.2. The average molecular weight is 826 g/mol. The molecule has 2 saturated heterocycles. The lowest BCUT2D eigenvalue weighted by Crippen LogP contribution is -2.74. The van der Waals surface area contributed by atoms with Crippen molar-refractivity contribution in [3.05, 3.63) is 56.9 Å². The number of amides is 4. The maximum atomic E-state index is 13.3. The molecule has 3 atom stereocenters. The second-order valence-corrected chi connectivity index (χ2v) is 15.5. The molecule has 4 amide bonds. The normalized spacial score (nSPS) is 19.1. The molecule has 0 spiro atoms. The van der Waals surface area contributed by atoms with E-state index in [0.717, 1.165) is 25.2 Å². The fraction of sp³-hybridized carbons (Fsp3) is 0.419. The van der Waals surface area contributed by atoms with Gasteiger partial charge in [0.05, 0.1) is 22.3 Å². The number of nitrogens with two attached hydrogens (primary N) is 1. The van der Waals surface area contributed by atoms with Gasteiger partial charge >= 0.3 is 16.3 Å². The van der Waals surface area contributed by atoms with E-state index in [2.05, 4.69) is 36.1 Å². The van der Waals surface area contributed by atoms with Crippen LogP contribution in [0.2, 0.25) is 5.02 Å². The highest BCUT2D eigenvalue weighted by molar-refractivity contribution is 7.84. The number of carboxylic acid groups (broad SMARTS) is 1. The van der Waals surface area contributed by atoms with Gasteiger partial charge in [-0.2, -0.15) is 8.42 Å². The van der Waals surface area contributed by atoms with Gasteiger partial charge in [0.25, 0.3) is 23.6 Å². The largest absolute Gasteiger partial charge is 0.508 e. The van der Waals surface area contributed by atoms with Crippen LogP contribution in [0.3, 0.4) is 0 Å². The number of halogens is 1. The van der Waals surface area contributed by atoms with Gasteiger partial charge in [-0.05, 0) is 45.9 Å². The number of carbonyl (C=O) groups is 5. The zero-order chi connectivity index (χ0) is 40.4. The van der Waals surface area contributed by atoms with Crippen LogP contribution < -0.4 is 21.7 Å². The molecule has 4 heterocycles. The third-order valence-corrected chi connectivity index (χ3v) is 10.9. The highest BCUT2D eigenvalue weighted by atomic mass is 35.5. The Labute approximate surface area is 321 Å². The number of nitrogens with one attached hydrogen (secondary N) is 3. The van der Waals surface area contributed by atoms with E-state index < -0.39 is 63.9 Å². The van der Waals surface area contributed by atoms with Gasteiger partial charge in [-0.1, -0.05) is 21.9 Å². The van der Waals surface area contributed by atoms with Crippen molar-refractivity contribution >= 4 is 73.7 Å². The third kappa shape index (κ3) is 9.13. The van der Waals surface area contributed by atoms with Crippen molar-refractivity contribution in [2.45, 2.75) is 50.8 Å². The van der Waals surface area contributed by atoms with Crippen molar-refractivity contribution in [2.24, 2.45) is 5.16 Å². The SMILES string of the molecule is Cc1c(O)ccc(C(=O)NCCN2CCC(c3cc(C(=O)NCC4C(NC(=O)/C(=N\OC(C)(C)C(=O)O)c5csc(N)n5)C(=O)N4S(=O)(=O)O)on3)C2)c1Cl. The number of carbonyl (C=O) groups excluding carboxylic acids is 4. The summed E-state index contributed by atoms with van der Waals surface area (Å²) in [4.78, 5) is 74.3. The summed E-state index contributed by atoms with van der Waals surface area (Å²) in [6, 6.07) is 1.11. The monoisotopic (exact) mass is 825 g/mol. The molecule has 21 nitrogen and oxygen atoms in total.